The molecule has 0 bridgehead atoms. The summed E-state index contributed by atoms with van der Waals surface area (Å²) >= 11 is 0. The Morgan fingerprint density at radius 3 is 2.82 bits per heavy atom. The molecule has 0 aliphatic carbocycles. The van der Waals surface area contributed by atoms with Crippen LogP contribution in [0.5, 0.6) is 5.75 Å². The average molecular weight is 234 g/mol. The molecule has 0 saturated carbocycles. The summed E-state index contributed by atoms with van der Waals surface area (Å²) in [5, 5.41) is 0. The van der Waals surface area contributed by atoms with Gasteiger partial charge in [0.25, 0.3) is 0 Å². The highest BCUT2D eigenvalue weighted by atomic mass is 16.5. The normalized spacial score (nSPS) is 10.5. The highest BCUT2D eigenvalue weighted by Crippen LogP contribution is 2.18. The average Bonchev–Trinajstić information content (AvgIpc) is 2.32. The summed E-state index contributed by atoms with van der Waals surface area (Å²) in [4.78, 5) is 11.1. The van der Waals surface area contributed by atoms with Gasteiger partial charge < -0.3 is 9.47 Å². The molecule has 1 rings (SSSR count). The van der Waals surface area contributed by atoms with Gasteiger partial charge in [-0.15, -0.1) is 0 Å². The van der Waals surface area contributed by atoms with E-state index in [4.69, 9.17) is 9.47 Å². The van der Waals surface area contributed by atoms with Crippen molar-refractivity contribution in [1.29, 1.82) is 0 Å². The molecule has 0 amide bonds. The molecular weight excluding hydrogens is 216 g/mol. The van der Waals surface area contributed by atoms with E-state index >= 15 is 0 Å². The van der Waals surface area contributed by atoms with Crippen molar-refractivity contribution < 1.29 is 14.3 Å². The third-order valence-electron chi connectivity index (χ3n) is 2.37. The van der Waals surface area contributed by atoms with Crippen molar-refractivity contribution in [3.63, 3.8) is 0 Å². The number of rotatable bonds is 5. The van der Waals surface area contributed by atoms with Crippen LogP contribution in [-0.2, 0) is 9.53 Å². The van der Waals surface area contributed by atoms with Gasteiger partial charge in [-0.25, -0.2) is 0 Å². The van der Waals surface area contributed by atoms with Crippen molar-refractivity contribution >= 4 is 12.0 Å². The van der Waals surface area contributed by atoms with Crippen molar-refractivity contribution in [1.82, 2.24) is 0 Å². The summed E-state index contributed by atoms with van der Waals surface area (Å²) in [6.45, 7) is 4.24. The van der Waals surface area contributed by atoms with Crippen LogP contribution < -0.4 is 4.74 Å². The molecule has 1 aromatic rings. The zero-order valence-corrected chi connectivity index (χ0v) is 10.5. The Balaban J connectivity index is 2.67. The standard InChI is InChI=1S/C14H18O3/c1-4-17-14(15)7-5-6-12-10-13(16-3)9-8-11(12)2/h5-6,8-10H,4,7H2,1-3H3. The molecule has 0 radical (unpaired) electrons. The van der Waals surface area contributed by atoms with Crippen LogP contribution in [-0.4, -0.2) is 19.7 Å². The fourth-order valence-electron chi connectivity index (χ4n) is 1.43. The third-order valence-corrected chi connectivity index (χ3v) is 2.37. The Morgan fingerprint density at radius 2 is 2.18 bits per heavy atom. The van der Waals surface area contributed by atoms with Crippen molar-refractivity contribution in [2.45, 2.75) is 20.3 Å². The van der Waals surface area contributed by atoms with Crippen LogP contribution in [0.25, 0.3) is 6.08 Å². The Hall–Kier alpha value is -1.77. The number of esters is 1. The second-order valence-corrected chi connectivity index (χ2v) is 3.63. The second kappa shape index (κ2) is 6.74. The van der Waals surface area contributed by atoms with E-state index in [0.717, 1.165) is 16.9 Å². The Morgan fingerprint density at radius 1 is 1.41 bits per heavy atom. The fraction of sp³-hybridized carbons (Fsp3) is 0.357. The van der Waals surface area contributed by atoms with Gasteiger partial charge in [-0.3, -0.25) is 4.79 Å². The molecule has 0 atom stereocenters. The third kappa shape index (κ3) is 4.31. The Labute approximate surface area is 102 Å². The van der Waals surface area contributed by atoms with E-state index in [1.54, 1.807) is 20.1 Å². The second-order valence-electron chi connectivity index (χ2n) is 3.63. The van der Waals surface area contributed by atoms with E-state index in [1.807, 2.05) is 31.2 Å². The van der Waals surface area contributed by atoms with E-state index in [0.29, 0.717) is 13.0 Å². The number of hydrogen-bond acceptors (Lipinski definition) is 3. The Bertz CT molecular complexity index is 408. The first-order valence-corrected chi connectivity index (χ1v) is 5.64. The fourth-order valence-corrected chi connectivity index (χ4v) is 1.43. The molecular formula is C14H18O3. The summed E-state index contributed by atoms with van der Waals surface area (Å²) in [5.41, 5.74) is 2.19. The minimum absolute atomic E-state index is 0.204. The van der Waals surface area contributed by atoms with E-state index < -0.39 is 0 Å². The number of carbonyl (C=O) groups is 1. The maximum atomic E-state index is 11.1. The number of aryl methyl sites for hydroxylation is 1. The number of methoxy groups -OCH3 is 1. The molecule has 92 valence electrons. The molecule has 3 heteroatoms. The molecule has 0 aromatic heterocycles. The summed E-state index contributed by atoms with van der Waals surface area (Å²) in [5.74, 6) is 0.607. The number of benzene rings is 1. The quantitative estimate of drug-likeness (QED) is 0.735. The number of carbonyl (C=O) groups excluding carboxylic acids is 1. The van der Waals surface area contributed by atoms with Gasteiger partial charge in [-0.1, -0.05) is 18.2 Å². The lowest BCUT2D eigenvalue weighted by Crippen LogP contribution is -2.01. The lowest BCUT2D eigenvalue weighted by atomic mass is 10.1. The van der Waals surface area contributed by atoms with Gasteiger partial charge in [0.05, 0.1) is 20.1 Å². The van der Waals surface area contributed by atoms with Crippen LogP contribution in [0, 0.1) is 6.92 Å². The smallest absolute Gasteiger partial charge is 0.309 e. The van der Waals surface area contributed by atoms with Gasteiger partial charge in [-0.2, -0.15) is 0 Å². The van der Waals surface area contributed by atoms with Crippen LogP contribution in [0.3, 0.4) is 0 Å². The molecule has 3 nitrogen and oxygen atoms in total. The predicted molar refractivity (Wildman–Crippen MR) is 68.0 cm³/mol. The molecule has 1 aromatic carbocycles. The maximum Gasteiger partial charge on any atom is 0.309 e. The first kappa shape index (κ1) is 13.3. The lowest BCUT2D eigenvalue weighted by Gasteiger charge is -2.04. The van der Waals surface area contributed by atoms with Gasteiger partial charge in [0.1, 0.15) is 5.75 Å². The van der Waals surface area contributed by atoms with Crippen molar-refractivity contribution in [3.8, 4) is 5.75 Å². The molecule has 0 heterocycles. The van der Waals surface area contributed by atoms with E-state index in [2.05, 4.69) is 0 Å². The molecule has 0 N–H and O–H groups in total. The van der Waals surface area contributed by atoms with Gasteiger partial charge in [0, 0.05) is 0 Å². The maximum absolute atomic E-state index is 11.1. The number of hydrogen-bond donors (Lipinski definition) is 0. The van der Waals surface area contributed by atoms with E-state index in [-0.39, 0.29) is 5.97 Å². The molecule has 17 heavy (non-hydrogen) atoms. The monoisotopic (exact) mass is 234 g/mol. The molecule has 0 saturated heterocycles. The van der Waals surface area contributed by atoms with Crippen LogP contribution in [0.1, 0.15) is 24.5 Å². The summed E-state index contributed by atoms with van der Waals surface area (Å²) in [6.07, 6.45) is 4.01. The highest BCUT2D eigenvalue weighted by molar-refractivity contribution is 5.73. The van der Waals surface area contributed by atoms with Crippen molar-refractivity contribution in [2.75, 3.05) is 13.7 Å². The predicted octanol–water partition coefficient (Wildman–Crippen LogP) is 2.97. The summed E-state index contributed by atoms with van der Waals surface area (Å²) in [7, 11) is 1.64. The van der Waals surface area contributed by atoms with Crippen LogP contribution in [0.4, 0.5) is 0 Å². The van der Waals surface area contributed by atoms with Crippen molar-refractivity contribution in [2.24, 2.45) is 0 Å². The van der Waals surface area contributed by atoms with E-state index in [1.165, 1.54) is 0 Å². The molecule has 0 spiro atoms. The topological polar surface area (TPSA) is 35.5 Å². The van der Waals surface area contributed by atoms with Crippen molar-refractivity contribution in [3.05, 3.63) is 35.4 Å². The minimum Gasteiger partial charge on any atom is -0.497 e. The van der Waals surface area contributed by atoms with Gasteiger partial charge in [-0.05, 0) is 37.1 Å². The highest BCUT2D eigenvalue weighted by Gasteiger charge is 1.99. The van der Waals surface area contributed by atoms with Gasteiger partial charge >= 0.3 is 5.97 Å². The van der Waals surface area contributed by atoms with Gasteiger partial charge in [0.15, 0.2) is 0 Å². The van der Waals surface area contributed by atoms with Crippen LogP contribution >= 0.6 is 0 Å². The van der Waals surface area contributed by atoms with Crippen LogP contribution in [0.15, 0.2) is 24.3 Å². The zero-order valence-electron chi connectivity index (χ0n) is 10.5. The minimum atomic E-state index is -0.204. The first-order valence-electron chi connectivity index (χ1n) is 5.64. The molecule has 0 fully saturated rings. The largest absolute Gasteiger partial charge is 0.497 e. The molecule has 0 unspecified atom stereocenters. The summed E-state index contributed by atoms with van der Waals surface area (Å²) in [6, 6.07) is 5.85. The summed E-state index contributed by atoms with van der Waals surface area (Å²) < 4.78 is 9.99. The van der Waals surface area contributed by atoms with Crippen LogP contribution in [0.2, 0.25) is 0 Å². The van der Waals surface area contributed by atoms with E-state index in [9.17, 15) is 4.79 Å². The zero-order chi connectivity index (χ0) is 12.7. The van der Waals surface area contributed by atoms with Gasteiger partial charge in [0.2, 0.25) is 0 Å². The number of ether oxygens (including phenoxy) is 2. The SMILES string of the molecule is CCOC(=O)CC=Cc1cc(OC)ccc1C. The molecule has 0 aliphatic heterocycles. The Kier molecular flexibility index (Phi) is 5.27. The lowest BCUT2D eigenvalue weighted by molar-refractivity contribution is -0.142. The molecule has 0 aliphatic rings. The first-order chi connectivity index (χ1) is 8.17.